The van der Waals surface area contributed by atoms with Gasteiger partial charge < -0.3 is 14.8 Å². The lowest BCUT2D eigenvalue weighted by molar-refractivity contribution is -0.151. The minimum Gasteiger partial charge on any atom is -0.497 e. The number of nitrogens with zero attached hydrogens (tertiary/aromatic N) is 1. The maximum atomic E-state index is 13.3. The van der Waals surface area contributed by atoms with Gasteiger partial charge in [0.1, 0.15) is 5.75 Å². The van der Waals surface area contributed by atoms with Crippen LogP contribution >= 0.6 is 0 Å². The summed E-state index contributed by atoms with van der Waals surface area (Å²) in [6.45, 7) is -0.536. The van der Waals surface area contributed by atoms with Crippen molar-refractivity contribution in [2.75, 3.05) is 25.6 Å². The molecule has 0 unspecified atom stereocenters. The third-order valence-corrected chi connectivity index (χ3v) is 5.95. The van der Waals surface area contributed by atoms with E-state index in [1.54, 1.807) is 24.3 Å². The van der Waals surface area contributed by atoms with E-state index in [2.05, 4.69) is 10.7 Å². The van der Waals surface area contributed by atoms with E-state index in [0.29, 0.717) is 11.4 Å². The number of carbonyl (C=O) groups excluding carboxylic acids is 4. The van der Waals surface area contributed by atoms with Gasteiger partial charge in [-0.15, -0.1) is 0 Å². The molecule has 9 nitrogen and oxygen atoms in total. The van der Waals surface area contributed by atoms with Crippen molar-refractivity contribution in [1.82, 2.24) is 10.4 Å². The SMILES string of the molecule is COc1ccc(NC(=O)COC(=O)[C@@H]2CC(=O)N(NC(=O)C(c3ccccc3)c3ccccc3)C2)cc1. The molecule has 0 saturated carbocycles. The van der Waals surface area contributed by atoms with E-state index in [9.17, 15) is 19.2 Å². The Bertz CT molecular complexity index is 1210. The van der Waals surface area contributed by atoms with Crippen molar-refractivity contribution in [2.24, 2.45) is 5.92 Å². The van der Waals surface area contributed by atoms with Crippen molar-refractivity contribution in [1.29, 1.82) is 0 Å². The molecule has 1 fully saturated rings. The highest BCUT2D eigenvalue weighted by atomic mass is 16.5. The maximum Gasteiger partial charge on any atom is 0.311 e. The van der Waals surface area contributed by atoms with E-state index < -0.39 is 42.1 Å². The van der Waals surface area contributed by atoms with Gasteiger partial charge in [0.05, 0.1) is 25.5 Å². The van der Waals surface area contributed by atoms with Gasteiger partial charge in [-0.3, -0.25) is 29.6 Å². The van der Waals surface area contributed by atoms with Crippen LogP contribution < -0.4 is 15.5 Å². The summed E-state index contributed by atoms with van der Waals surface area (Å²) in [6, 6.07) is 25.2. The lowest BCUT2D eigenvalue weighted by Gasteiger charge is -2.23. The van der Waals surface area contributed by atoms with Crippen LogP contribution in [0.2, 0.25) is 0 Å². The largest absolute Gasteiger partial charge is 0.497 e. The van der Waals surface area contributed by atoms with Crippen molar-refractivity contribution in [3.63, 3.8) is 0 Å². The second-order valence-corrected chi connectivity index (χ2v) is 8.52. The Kier molecular flexibility index (Phi) is 8.15. The van der Waals surface area contributed by atoms with Crippen molar-refractivity contribution >= 4 is 29.4 Å². The fourth-order valence-corrected chi connectivity index (χ4v) is 4.08. The first-order valence-electron chi connectivity index (χ1n) is 11.8. The van der Waals surface area contributed by atoms with Gasteiger partial charge in [-0.05, 0) is 35.4 Å². The number of hydrazine groups is 1. The van der Waals surface area contributed by atoms with Gasteiger partial charge in [-0.2, -0.15) is 0 Å². The van der Waals surface area contributed by atoms with E-state index in [1.807, 2.05) is 60.7 Å². The summed E-state index contributed by atoms with van der Waals surface area (Å²) < 4.78 is 10.2. The monoisotopic (exact) mass is 501 g/mol. The summed E-state index contributed by atoms with van der Waals surface area (Å²) in [5.41, 5.74) is 4.74. The summed E-state index contributed by atoms with van der Waals surface area (Å²) in [5.74, 6) is -2.78. The van der Waals surface area contributed by atoms with Gasteiger partial charge in [-0.1, -0.05) is 60.7 Å². The Hall–Kier alpha value is -4.66. The second-order valence-electron chi connectivity index (χ2n) is 8.52. The van der Waals surface area contributed by atoms with Crippen LogP contribution in [0.25, 0.3) is 0 Å². The topological polar surface area (TPSA) is 114 Å². The second kappa shape index (κ2) is 11.9. The summed E-state index contributed by atoms with van der Waals surface area (Å²) in [6.07, 6.45) is -0.124. The van der Waals surface area contributed by atoms with Gasteiger partial charge in [0.15, 0.2) is 6.61 Å². The summed E-state index contributed by atoms with van der Waals surface area (Å²) in [4.78, 5) is 50.5. The Labute approximate surface area is 214 Å². The summed E-state index contributed by atoms with van der Waals surface area (Å²) in [5, 5.41) is 3.76. The number of amides is 3. The van der Waals surface area contributed by atoms with Crippen LogP contribution in [0.1, 0.15) is 23.5 Å². The minimum atomic E-state index is -0.798. The molecule has 9 heteroatoms. The fourth-order valence-electron chi connectivity index (χ4n) is 4.08. The predicted molar refractivity (Wildman–Crippen MR) is 135 cm³/mol. The third kappa shape index (κ3) is 6.52. The molecule has 0 spiro atoms. The zero-order valence-electron chi connectivity index (χ0n) is 20.3. The third-order valence-electron chi connectivity index (χ3n) is 5.95. The Morgan fingerprint density at radius 2 is 1.51 bits per heavy atom. The zero-order chi connectivity index (χ0) is 26.2. The number of esters is 1. The quantitative estimate of drug-likeness (QED) is 0.436. The molecular weight excluding hydrogens is 474 g/mol. The molecule has 2 N–H and O–H groups in total. The van der Waals surface area contributed by atoms with Crippen molar-refractivity contribution < 1.29 is 28.7 Å². The molecule has 3 aromatic carbocycles. The molecule has 0 aromatic heterocycles. The molecule has 1 saturated heterocycles. The first kappa shape index (κ1) is 25.4. The van der Waals surface area contributed by atoms with Crippen LogP contribution in [0.5, 0.6) is 5.75 Å². The average Bonchev–Trinajstić information content (AvgIpc) is 3.29. The number of ether oxygens (including phenoxy) is 2. The zero-order valence-corrected chi connectivity index (χ0v) is 20.3. The molecule has 1 heterocycles. The molecule has 37 heavy (non-hydrogen) atoms. The van der Waals surface area contributed by atoms with E-state index in [-0.39, 0.29) is 13.0 Å². The van der Waals surface area contributed by atoms with Gasteiger partial charge >= 0.3 is 5.97 Å². The smallest absolute Gasteiger partial charge is 0.311 e. The van der Waals surface area contributed by atoms with Crippen LogP contribution in [0, 0.1) is 5.92 Å². The van der Waals surface area contributed by atoms with Crippen LogP contribution in [-0.2, 0) is 23.9 Å². The van der Waals surface area contributed by atoms with Crippen LogP contribution in [0.15, 0.2) is 84.9 Å². The van der Waals surface area contributed by atoms with Crippen molar-refractivity contribution in [2.45, 2.75) is 12.3 Å². The van der Waals surface area contributed by atoms with E-state index in [1.165, 1.54) is 7.11 Å². The normalized spacial score (nSPS) is 14.8. The molecule has 0 aliphatic carbocycles. The highest BCUT2D eigenvalue weighted by Crippen LogP contribution is 2.26. The molecule has 0 bridgehead atoms. The molecule has 1 atom stereocenters. The number of nitrogens with one attached hydrogen (secondary N) is 2. The van der Waals surface area contributed by atoms with Gasteiger partial charge in [-0.25, -0.2) is 0 Å². The molecule has 1 aliphatic rings. The lowest BCUT2D eigenvalue weighted by Crippen LogP contribution is -2.45. The molecule has 1 aliphatic heterocycles. The minimum absolute atomic E-state index is 0.0419. The molecular formula is C28H27N3O6. The van der Waals surface area contributed by atoms with Crippen LogP contribution in [0.3, 0.4) is 0 Å². The standard InChI is InChI=1S/C28H27N3O6/c1-36-23-14-12-22(13-15-23)29-24(32)18-37-28(35)21-16-25(33)31(17-21)30-27(34)26(19-8-4-2-5-9-19)20-10-6-3-7-11-20/h2-15,21,26H,16-18H2,1H3,(H,29,32)(H,30,34)/t21-/m1/s1. The Balaban J connectivity index is 1.32. The van der Waals surface area contributed by atoms with Crippen LogP contribution in [0.4, 0.5) is 5.69 Å². The average molecular weight is 502 g/mol. The molecule has 3 aromatic rings. The Morgan fingerprint density at radius 1 is 0.919 bits per heavy atom. The highest BCUT2D eigenvalue weighted by molar-refractivity contribution is 5.94. The number of hydrogen-bond donors (Lipinski definition) is 2. The first-order valence-corrected chi connectivity index (χ1v) is 11.8. The molecule has 4 rings (SSSR count). The number of carbonyl (C=O) groups is 4. The molecule has 0 radical (unpaired) electrons. The number of anilines is 1. The van der Waals surface area contributed by atoms with E-state index in [0.717, 1.165) is 16.1 Å². The predicted octanol–water partition coefficient (Wildman–Crippen LogP) is 2.89. The fraction of sp³-hybridized carbons (Fsp3) is 0.214. The van der Waals surface area contributed by atoms with Crippen LogP contribution in [-0.4, -0.2) is 49.0 Å². The summed E-state index contributed by atoms with van der Waals surface area (Å²) in [7, 11) is 1.54. The maximum absolute atomic E-state index is 13.3. The van der Waals surface area contributed by atoms with Crippen molar-refractivity contribution in [3.8, 4) is 5.75 Å². The lowest BCUT2D eigenvalue weighted by atomic mass is 9.91. The number of hydrogen-bond acceptors (Lipinski definition) is 6. The number of benzene rings is 3. The van der Waals surface area contributed by atoms with Gasteiger partial charge in [0.2, 0.25) is 5.91 Å². The summed E-state index contributed by atoms with van der Waals surface area (Å²) >= 11 is 0. The molecule has 190 valence electrons. The number of rotatable bonds is 9. The first-order chi connectivity index (χ1) is 17.9. The van der Waals surface area contributed by atoms with E-state index in [4.69, 9.17) is 9.47 Å². The highest BCUT2D eigenvalue weighted by Gasteiger charge is 2.37. The molecule has 3 amide bonds. The van der Waals surface area contributed by atoms with Gasteiger partial charge in [0.25, 0.3) is 11.8 Å². The van der Waals surface area contributed by atoms with E-state index >= 15 is 0 Å². The Morgan fingerprint density at radius 3 is 2.08 bits per heavy atom. The number of methoxy groups -OCH3 is 1. The van der Waals surface area contributed by atoms with Gasteiger partial charge in [0, 0.05) is 12.1 Å². The van der Waals surface area contributed by atoms with Crippen molar-refractivity contribution in [3.05, 3.63) is 96.1 Å².